The molecule has 0 aromatic rings. The summed E-state index contributed by atoms with van der Waals surface area (Å²) in [7, 11) is 0. The van der Waals surface area contributed by atoms with Gasteiger partial charge in [0.25, 0.3) is 0 Å². The lowest BCUT2D eigenvalue weighted by atomic mass is 10.1. The summed E-state index contributed by atoms with van der Waals surface area (Å²) >= 11 is 0. The first-order valence-electron chi connectivity index (χ1n) is 3.42. The molecule has 1 saturated heterocycles. The Kier molecular flexibility index (Phi) is 4.32. The molecule has 0 N–H and O–H groups in total. The van der Waals surface area contributed by atoms with E-state index in [0.717, 1.165) is 19.8 Å². The van der Waals surface area contributed by atoms with Gasteiger partial charge < -0.3 is 9.47 Å². The second-order valence-electron chi connectivity index (χ2n) is 2.66. The Balaban J connectivity index is 0.000000371. The van der Waals surface area contributed by atoms with Gasteiger partial charge in [0.15, 0.2) is 0 Å². The largest absolute Gasteiger partial charge is 0.376 e. The molecule has 0 spiro atoms. The third-order valence-corrected chi connectivity index (χ3v) is 1.17. The lowest BCUT2D eigenvalue weighted by Crippen LogP contribution is -2.37. The second-order valence-corrected chi connectivity index (χ2v) is 2.66. The summed E-state index contributed by atoms with van der Waals surface area (Å²) in [5.74, 6) is 0. The fourth-order valence-corrected chi connectivity index (χ4v) is 0.737. The summed E-state index contributed by atoms with van der Waals surface area (Å²) in [6, 6.07) is 0. The van der Waals surface area contributed by atoms with E-state index in [2.05, 4.69) is 13.2 Å². The van der Waals surface area contributed by atoms with Crippen molar-refractivity contribution in [2.75, 3.05) is 19.8 Å². The van der Waals surface area contributed by atoms with Crippen molar-refractivity contribution in [1.29, 1.82) is 0 Å². The molecule has 0 amide bonds. The molecule has 2 nitrogen and oxygen atoms in total. The van der Waals surface area contributed by atoms with Crippen molar-refractivity contribution >= 4 is 0 Å². The van der Waals surface area contributed by atoms with E-state index in [4.69, 9.17) is 9.47 Å². The van der Waals surface area contributed by atoms with Crippen molar-refractivity contribution in [2.45, 2.75) is 19.4 Å². The van der Waals surface area contributed by atoms with Crippen LogP contribution in [0.3, 0.4) is 0 Å². The van der Waals surface area contributed by atoms with E-state index in [1.165, 1.54) is 0 Å². The van der Waals surface area contributed by atoms with Crippen molar-refractivity contribution in [3.63, 3.8) is 0 Å². The van der Waals surface area contributed by atoms with Crippen molar-refractivity contribution in [3.8, 4) is 0 Å². The maximum Gasteiger partial charge on any atom is 0.0860 e. The zero-order chi connectivity index (χ0) is 8.04. The molecule has 1 fully saturated rings. The van der Waals surface area contributed by atoms with E-state index in [9.17, 15) is 0 Å². The van der Waals surface area contributed by atoms with Gasteiger partial charge in [-0.3, -0.25) is 0 Å². The van der Waals surface area contributed by atoms with Gasteiger partial charge in [-0.2, -0.15) is 0 Å². The monoisotopic (exact) mass is 144 g/mol. The normalized spacial score (nSPS) is 22.6. The van der Waals surface area contributed by atoms with Crippen LogP contribution in [0.25, 0.3) is 0 Å². The number of ether oxygens (including phenoxy) is 2. The van der Waals surface area contributed by atoms with Crippen LogP contribution in [0.1, 0.15) is 13.8 Å². The third-order valence-electron chi connectivity index (χ3n) is 1.17. The molecule has 0 saturated carbocycles. The van der Waals surface area contributed by atoms with E-state index in [1.807, 2.05) is 13.8 Å². The molecule has 0 aromatic carbocycles. The van der Waals surface area contributed by atoms with E-state index >= 15 is 0 Å². The summed E-state index contributed by atoms with van der Waals surface area (Å²) in [5, 5.41) is 0. The van der Waals surface area contributed by atoms with Gasteiger partial charge in [-0.1, -0.05) is 0 Å². The van der Waals surface area contributed by atoms with Crippen molar-refractivity contribution in [3.05, 3.63) is 13.2 Å². The Morgan fingerprint density at radius 1 is 1.20 bits per heavy atom. The van der Waals surface area contributed by atoms with Crippen LogP contribution in [0.15, 0.2) is 13.2 Å². The highest BCUT2D eigenvalue weighted by atomic mass is 16.6. The third kappa shape index (κ3) is 3.64. The zero-order valence-electron chi connectivity index (χ0n) is 6.85. The van der Waals surface area contributed by atoms with Crippen molar-refractivity contribution in [1.82, 2.24) is 0 Å². The van der Waals surface area contributed by atoms with E-state index < -0.39 is 0 Å². The standard InChI is InChI=1S/C6H12O2.C2H4/c1-6(2)5-7-3-4-8-6;1-2/h3-5H2,1-2H3;1-2H2. The van der Waals surface area contributed by atoms with Gasteiger partial charge in [0.2, 0.25) is 0 Å². The summed E-state index contributed by atoms with van der Waals surface area (Å²) in [6.45, 7) is 12.3. The highest BCUT2D eigenvalue weighted by Gasteiger charge is 2.21. The van der Waals surface area contributed by atoms with Crippen LogP contribution in [0.4, 0.5) is 0 Å². The first kappa shape index (κ1) is 9.66. The van der Waals surface area contributed by atoms with Crippen LogP contribution in [0.5, 0.6) is 0 Å². The first-order chi connectivity index (χ1) is 4.71. The highest BCUT2D eigenvalue weighted by molar-refractivity contribution is 4.69. The Morgan fingerprint density at radius 3 is 2.00 bits per heavy atom. The van der Waals surface area contributed by atoms with Gasteiger partial charge in [0.1, 0.15) is 0 Å². The van der Waals surface area contributed by atoms with Crippen LogP contribution in [0.2, 0.25) is 0 Å². The van der Waals surface area contributed by atoms with Crippen LogP contribution < -0.4 is 0 Å². The average molecular weight is 144 g/mol. The number of hydrogen-bond donors (Lipinski definition) is 0. The quantitative estimate of drug-likeness (QED) is 0.481. The van der Waals surface area contributed by atoms with Crippen LogP contribution in [0, 0.1) is 0 Å². The van der Waals surface area contributed by atoms with E-state index in [-0.39, 0.29) is 5.60 Å². The van der Waals surface area contributed by atoms with Gasteiger partial charge in [0.05, 0.1) is 25.4 Å². The maximum atomic E-state index is 5.34. The summed E-state index contributed by atoms with van der Waals surface area (Å²) in [6.07, 6.45) is 0. The van der Waals surface area contributed by atoms with Crippen molar-refractivity contribution < 1.29 is 9.47 Å². The van der Waals surface area contributed by atoms with Crippen LogP contribution in [-0.2, 0) is 9.47 Å². The van der Waals surface area contributed by atoms with E-state index in [1.54, 1.807) is 0 Å². The fourth-order valence-electron chi connectivity index (χ4n) is 0.737. The fraction of sp³-hybridized carbons (Fsp3) is 0.750. The second kappa shape index (κ2) is 4.47. The molecule has 0 aliphatic carbocycles. The first-order valence-corrected chi connectivity index (χ1v) is 3.42. The molecule has 60 valence electrons. The summed E-state index contributed by atoms with van der Waals surface area (Å²) in [5.41, 5.74) is -0.0434. The Bertz CT molecular complexity index is 81.3. The molecule has 1 aliphatic rings. The highest BCUT2D eigenvalue weighted by Crippen LogP contribution is 2.12. The minimum Gasteiger partial charge on any atom is -0.376 e. The average Bonchev–Trinajstić information content (AvgIpc) is 1.92. The molecule has 0 aromatic heterocycles. The topological polar surface area (TPSA) is 18.5 Å². The smallest absolute Gasteiger partial charge is 0.0860 e. The number of hydrogen-bond acceptors (Lipinski definition) is 2. The van der Waals surface area contributed by atoms with Gasteiger partial charge in [-0.05, 0) is 13.8 Å². The minimum absolute atomic E-state index is 0.0434. The van der Waals surface area contributed by atoms with Gasteiger partial charge in [0, 0.05) is 0 Å². The Hall–Kier alpha value is -0.340. The lowest BCUT2D eigenvalue weighted by Gasteiger charge is -2.29. The SMILES string of the molecule is C=C.CC1(C)COCCO1. The summed E-state index contributed by atoms with van der Waals surface area (Å²) in [4.78, 5) is 0. The predicted molar refractivity (Wildman–Crippen MR) is 42.1 cm³/mol. The Labute approximate surface area is 62.8 Å². The molecule has 0 atom stereocenters. The molecule has 0 unspecified atom stereocenters. The summed E-state index contributed by atoms with van der Waals surface area (Å²) < 4.78 is 10.5. The van der Waals surface area contributed by atoms with Crippen molar-refractivity contribution in [2.24, 2.45) is 0 Å². The molecular weight excluding hydrogens is 128 g/mol. The van der Waals surface area contributed by atoms with Gasteiger partial charge >= 0.3 is 0 Å². The van der Waals surface area contributed by atoms with Gasteiger partial charge in [-0.15, -0.1) is 13.2 Å². The zero-order valence-corrected chi connectivity index (χ0v) is 6.85. The molecule has 1 heterocycles. The van der Waals surface area contributed by atoms with E-state index in [0.29, 0.717) is 0 Å². The Morgan fingerprint density at radius 2 is 1.80 bits per heavy atom. The van der Waals surface area contributed by atoms with Crippen LogP contribution >= 0.6 is 0 Å². The maximum absolute atomic E-state index is 5.34. The van der Waals surface area contributed by atoms with Crippen LogP contribution in [-0.4, -0.2) is 25.4 Å². The number of rotatable bonds is 0. The molecular formula is C8H16O2. The molecule has 1 rings (SSSR count). The predicted octanol–water partition coefficient (Wildman–Crippen LogP) is 1.61. The van der Waals surface area contributed by atoms with Gasteiger partial charge in [-0.25, -0.2) is 0 Å². The molecule has 0 bridgehead atoms. The lowest BCUT2D eigenvalue weighted by molar-refractivity contribution is -0.137. The minimum atomic E-state index is -0.0434. The molecule has 2 heteroatoms. The molecule has 0 radical (unpaired) electrons. The molecule has 10 heavy (non-hydrogen) atoms. The molecule has 1 aliphatic heterocycles.